The molecule has 34 heavy (non-hydrogen) atoms. The van der Waals surface area contributed by atoms with Crippen LogP contribution >= 0.6 is 12.2 Å². The van der Waals surface area contributed by atoms with Crippen LogP contribution in [0.5, 0.6) is 5.75 Å². The maximum Gasteiger partial charge on any atom is 0.221 e. The number of aromatic amines is 1. The lowest BCUT2D eigenvalue weighted by atomic mass is 9.96. The quantitative estimate of drug-likeness (QED) is 0.447. The lowest BCUT2D eigenvalue weighted by Gasteiger charge is -2.32. The van der Waals surface area contributed by atoms with Crippen molar-refractivity contribution in [3.8, 4) is 17.1 Å². The highest BCUT2D eigenvalue weighted by Gasteiger charge is 2.20. The first kappa shape index (κ1) is 24.2. The summed E-state index contributed by atoms with van der Waals surface area (Å²) in [7, 11) is 1.69. The van der Waals surface area contributed by atoms with Crippen molar-refractivity contribution < 1.29 is 9.53 Å². The van der Waals surface area contributed by atoms with E-state index in [-0.39, 0.29) is 5.91 Å². The maximum absolute atomic E-state index is 12.5. The van der Waals surface area contributed by atoms with Crippen LogP contribution in [0.2, 0.25) is 0 Å². The van der Waals surface area contributed by atoms with E-state index in [2.05, 4.69) is 39.5 Å². The molecule has 0 aliphatic carbocycles. The van der Waals surface area contributed by atoms with Gasteiger partial charge in [-0.3, -0.25) is 19.4 Å². The number of hydrogen-bond donors (Lipinski definition) is 2. The van der Waals surface area contributed by atoms with Gasteiger partial charge in [0, 0.05) is 31.6 Å². The fraction of sp³-hybridized carbons (Fsp3) is 0.423. The van der Waals surface area contributed by atoms with Crippen molar-refractivity contribution in [3.63, 3.8) is 0 Å². The van der Waals surface area contributed by atoms with Gasteiger partial charge in [0.25, 0.3) is 0 Å². The van der Waals surface area contributed by atoms with Gasteiger partial charge in [0.05, 0.1) is 7.11 Å². The molecule has 7 nitrogen and oxygen atoms in total. The Morgan fingerprint density at radius 2 is 1.85 bits per heavy atom. The van der Waals surface area contributed by atoms with Crippen LogP contribution in [-0.2, 0) is 17.9 Å². The minimum absolute atomic E-state index is 0.0543. The summed E-state index contributed by atoms with van der Waals surface area (Å²) in [6, 6.07) is 16.4. The van der Waals surface area contributed by atoms with Gasteiger partial charge in [-0.1, -0.05) is 42.0 Å². The molecule has 1 saturated heterocycles. The first-order valence-corrected chi connectivity index (χ1v) is 12.3. The van der Waals surface area contributed by atoms with Gasteiger partial charge in [-0.05, 0) is 68.7 Å². The number of carbonyl (C=O) groups is 1. The van der Waals surface area contributed by atoms with Crippen LogP contribution < -0.4 is 10.1 Å². The summed E-state index contributed by atoms with van der Waals surface area (Å²) in [6.45, 7) is 6.35. The van der Waals surface area contributed by atoms with E-state index in [9.17, 15) is 4.79 Å². The molecular formula is C26H33N5O2S. The number of piperidine rings is 1. The minimum atomic E-state index is 0.0543. The Morgan fingerprint density at radius 1 is 1.15 bits per heavy atom. The van der Waals surface area contributed by atoms with Gasteiger partial charge in [-0.25, -0.2) is 0 Å². The van der Waals surface area contributed by atoms with Crippen molar-refractivity contribution in [1.82, 2.24) is 25.0 Å². The number of ether oxygens (including phenoxy) is 1. The van der Waals surface area contributed by atoms with E-state index in [1.54, 1.807) is 7.11 Å². The molecule has 2 heterocycles. The van der Waals surface area contributed by atoms with Gasteiger partial charge < -0.3 is 10.1 Å². The number of likely N-dealkylation sites (tertiary alicyclic amines) is 1. The van der Waals surface area contributed by atoms with Crippen molar-refractivity contribution >= 4 is 18.1 Å². The van der Waals surface area contributed by atoms with Crippen molar-refractivity contribution in [2.24, 2.45) is 5.92 Å². The number of benzene rings is 2. The van der Waals surface area contributed by atoms with E-state index in [0.717, 1.165) is 56.2 Å². The molecule has 3 aromatic rings. The summed E-state index contributed by atoms with van der Waals surface area (Å²) in [5.41, 5.74) is 3.48. The van der Waals surface area contributed by atoms with Crippen LogP contribution in [0.3, 0.4) is 0 Å². The minimum Gasteiger partial charge on any atom is -0.497 e. The predicted octanol–water partition coefficient (Wildman–Crippen LogP) is 4.34. The summed E-state index contributed by atoms with van der Waals surface area (Å²) in [5, 5.41) is 10.3. The van der Waals surface area contributed by atoms with Crippen LogP contribution in [0.1, 0.15) is 30.4 Å². The van der Waals surface area contributed by atoms with E-state index in [1.807, 2.05) is 41.0 Å². The van der Waals surface area contributed by atoms with Crippen molar-refractivity contribution in [2.45, 2.75) is 39.3 Å². The molecule has 1 fully saturated rings. The van der Waals surface area contributed by atoms with Crippen LogP contribution in [0.15, 0.2) is 48.5 Å². The molecule has 0 unspecified atom stereocenters. The van der Waals surface area contributed by atoms with Crippen LogP contribution in [0.4, 0.5) is 0 Å². The second-order valence-corrected chi connectivity index (χ2v) is 9.38. The average Bonchev–Trinajstić information content (AvgIpc) is 3.23. The van der Waals surface area contributed by atoms with Gasteiger partial charge in [-0.15, -0.1) is 0 Å². The zero-order chi connectivity index (χ0) is 23.9. The standard InChI is InChI=1S/C26H33N5O2S/c1-19-3-7-22(8-4-19)25-28-29-26(34)31(25)16-13-24(32)27-17-20-11-14-30(15-12-20)18-21-5-9-23(33-2)10-6-21/h3-10,20H,11-18H2,1-2H3,(H,27,32)(H,29,34). The first-order chi connectivity index (χ1) is 16.5. The third-order valence-electron chi connectivity index (χ3n) is 6.49. The fourth-order valence-electron chi connectivity index (χ4n) is 4.35. The van der Waals surface area contributed by atoms with Gasteiger partial charge in [-0.2, -0.15) is 5.10 Å². The molecule has 0 radical (unpaired) electrons. The smallest absolute Gasteiger partial charge is 0.221 e. The Morgan fingerprint density at radius 3 is 2.53 bits per heavy atom. The Balaban J connectivity index is 1.20. The highest BCUT2D eigenvalue weighted by atomic mass is 32.1. The van der Waals surface area contributed by atoms with E-state index >= 15 is 0 Å². The number of rotatable bonds is 9. The molecule has 0 saturated carbocycles. The van der Waals surface area contributed by atoms with E-state index in [1.165, 1.54) is 11.1 Å². The second kappa shape index (κ2) is 11.4. The number of H-pyrrole nitrogens is 1. The molecule has 4 rings (SSSR count). The highest BCUT2D eigenvalue weighted by molar-refractivity contribution is 7.71. The molecule has 0 atom stereocenters. The molecule has 1 aliphatic rings. The lowest BCUT2D eigenvalue weighted by molar-refractivity contribution is -0.121. The third-order valence-corrected chi connectivity index (χ3v) is 6.80. The number of amides is 1. The zero-order valence-corrected chi connectivity index (χ0v) is 20.7. The second-order valence-electron chi connectivity index (χ2n) is 8.99. The molecule has 1 aromatic heterocycles. The molecule has 2 aromatic carbocycles. The summed E-state index contributed by atoms with van der Waals surface area (Å²) in [4.78, 5) is 15.0. The van der Waals surface area contributed by atoms with Crippen molar-refractivity contribution in [3.05, 3.63) is 64.4 Å². The maximum atomic E-state index is 12.5. The summed E-state index contributed by atoms with van der Waals surface area (Å²) in [5.74, 6) is 2.23. The summed E-state index contributed by atoms with van der Waals surface area (Å²) >= 11 is 5.39. The van der Waals surface area contributed by atoms with Gasteiger partial charge in [0.15, 0.2) is 10.6 Å². The molecule has 0 spiro atoms. The van der Waals surface area contributed by atoms with Gasteiger partial charge in [0.1, 0.15) is 5.75 Å². The fourth-order valence-corrected chi connectivity index (χ4v) is 4.57. The zero-order valence-electron chi connectivity index (χ0n) is 19.9. The molecule has 8 heteroatoms. The molecule has 0 bridgehead atoms. The van der Waals surface area contributed by atoms with Gasteiger partial charge >= 0.3 is 0 Å². The van der Waals surface area contributed by atoms with E-state index < -0.39 is 0 Å². The topological polar surface area (TPSA) is 75.2 Å². The highest BCUT2D eigenvalue weighted by Crippen LogP contribution is 2.20. The normalized spacial score (nSPS) is 14.8. The Bertz CT molecular complexity index is 1130. The Kier molecular flexibility index (Phi) is 8.13. The van der Waals surface area contributed by atoms with Crippen molar-refractivity contribution in [1.29, 1.82) is 0 Å². The number of nitrogens with one attached hydrogen (secondary N) is 2. The molecule has 180 valence electrons. The van der Waals surface area contributed by atoms with Gasteiger partial charge in [0.2, 0.25) is 5.91 Å². The Labute approximate surface area is 206 Å². The molecule has 1 amide bonds. The number of nitrogens with zero attached hydrogens (tertiary/aromatic N) is 3. The van der Waals surface area contributed by atoms with E-state index in [4.69, 9.17) is 17.0 Å². The summed E-state index contributed by atoms with van der Waals surface area (Å²) < 4.78 is 7.67. The van der Waals surface area contributed by atoms with E-state index in [0.29, 0.717) is 23.7 Å². The first-order valence-electron chi connectivity index (χ1n) is 11.9. The Hall–Kier alpha value is -2.97. The number of hydrogen-bond acceptors (Lipinski definition) is 5. The lowest BCUT2D eigenvalue weighted by Crippen LogP contribution is -2.38. The van der Waals surface area contributed by atoms with Crippen molar-refractivity contribution in [2.75, 3.05) is 26.7 Å². The molecule has 2 N–H and O–H groups in total. The van der Waals surface area contributed by atoms with Crippen LogP contribution in [-0.4, -0.2) is 52.3 Å². The molecule has 1 aliphatic heterocycles. The number of aryl methyl sites for hydroxylation is 1. The third kappa shape index (κ3) is 6.33. The molecular weight excluding hydrogens is 446 g/mol. The van der Waals surface area contributed by atoms with Crippen LogP contribution in [0, 0.1) is 17.6 Å². The monoisotopic (exact) mass is 479 g/mol. The SMILES string of the molecule is COc1ccc(CN2CCC(CNC(=O)CCn3c(-c4ccc(C)cc4)n[nH]c3=S)CC2)cc1. The largest absolute Gasteiger partial charge is 0.497 e. The number of aromatic nitrogens is 3. The number of carbonyl (C=O) groups excluding carboxylic acids is 1. The average molecular weight is 480 g/mol. The summed E-state index contributed by atoms with van der Waals surface area (Å²) in [6.07, 6.45) is 2.57. The number of methoxy groups -OCH3 is 1. The predicted molar refractivity (Wildman–Crippen MR) is 136 cm³/mol. The van der Waals surface area contributed by atoms with Crippen LogP contribution in [0.25, 0.3) is 11.4 Å².